The van der Waals surface area contributed by atoms with Crippen molar-refractivity contribution in [1.29, 1.82) is 0 Å². The second-order valence-corrected chi connectivity index (χ2v) is 9.00. The molecule has 0 aromatic heterocycles. The molecule has 0 saturated heterocycles. The Morgan fingerprint density at radius 1 is 0.643 bits per heavy atom. The quantitative estimate of drug-likeness (QED) is 0.242. The molecule has 0 fully saturated rings. The lowest BCUT2D eigenvalue weighted by molar-refractivity contribution is -0.814. The van der Waals surface area contributed by atoms with Crippen molar-refractivity contribution in [3.8, 4) is 0 Å². The molecule has 0 unspecified atom stereocenters. The first-order valence-electron chi connectivity index (χ1n) is 12.1. The van der Waals surface area contributed by atoms with Crippen LogP contribution in [-0.2, 0) is 4.79 Å². The van der Waals surface area contributed by atoms with E-state index >= 15 is 0 Å². The monoisotopic (exact) mass is 418 g/mol. The van der Waals surface area contributed by atoms with E-state index in [9.17, 15) is 4.79 Å². The van der Waals surface area contributed by atoms with Crippen molar-refractivity contribution < 1.29 is 21.7 Å². The highest BCUT2D eigenvalue weighted by Crippen LogP contribution is 2.14. The molecule has 0 saturated carbocycles. The van der Waals surface area contributed by atoms with Crippen LogP contribution in [0.1, 0.15) is 122 Å². The summed E-state index contributed by atoms with van der Waals surface area (Å²) in [5, 5.41) is 0. The van der Waals surface area contributed by atoms with E-state index in [0.717, 1.165) is 38.8 Å². The summed E-state index contributed by atoms with van der Waals surface area (Å²) in [5.41, 5.74) is 5.54. The first kappa shape index (κ1) is 30.1. The second kappa shape index (κ2) is 21.6. The summed E-state index contributed by atoms with van der Waals surface area (Å²) in [6, 6.07) is 0. The number of rotatable bonds is 20. The van der Waals surface area contributed by atoms with Gasteiger partial charge in [0.2, 0.25) is 0 Å². The molecule has 0 radical (unpaired) electrons. The highest BCUT2D eigenvalue weighted by Gasteiger charge is 2.24. The minimum Gasteiger partial charge on any atom is -1.00 e. The number of quaternary nitrogens is 1. The van der Waals surface area contributed by atoms with Crippen molar-refractivity contribution in [3.63, 3.8) is 0 Å². The molecular formula is C24H51ClN2O. The zero-order valence-corrected chi connectivity index (χ0v) is 20.2. The van der Waals surface area contributed by atoms with Crippen LogP contribution in [0.2, 0.25) is 0 Å². The minimum absolute atomic E-state index is 0. The molecule has 0 rings (SSSR count). The highest BCUT2D eigenvalue weighted by atomic mass is 35.5. The molecule has 2 N–H and O–H groups in total. The van der Waals surface area contributed by atoms with Gasteiger partial charge in [0.25, 0.3) is 0 Å². The van der Waals surface area contributed by atoms with Crippen molar-refractivity contribution in [2.45, 2.75) is 122 Å². The predicted molar refractivity (Wildman–Crippen MR) is 120 cm³/mol. The van der Waals surface area contributed by atoms with Crippen LogP contribution >= 0.6 is 0 Å². The average Bonchev–Trinajstić information content (AvgIpc) is 2.64. The van der Waals surface area contributed by atoms with Gasteiger partial charge in [-0.15, -0.1) is 0 Å². The standard InChI is InChI=1S/C24H51N2O.ClH/c1-4-5-6-7-8-9-10-11-12-13-14-15-16-17-18-21-24(27)26(2,3)23-20-19-22-25;/h4-23,25H2,1-3H3;1H/q+1;/p-1. The van der Waals surface area contributed by atoms with Crippen molar-refractivity contribution >= 4 is 5.91 Å². The van der Waals surface area contributed by atoms with E-state index < -0.39 is 0 Å². The molecular weight excluding hydrogens is 368 g/mol. The van der Waals surface area contributed by atoms with Crippen LogP contribution in [0.4, 0.5) is 0 Å². The molecule has 0 bridgehead atoms. The van der Waals surface area contributed by atoms with E-state index in [1.54, 1.807) is 0 Å². The molecule has 0 aliphatic heterocycles. The van der Waals surface area contributed by atoms with Crippen LogP contribution in [0.15, 0.2) is 0 Å². The second-order valence-electron chi connectivity index (χ2n) is 9.00. The van der Waals surface area contributed by atoms with E-state index in [-0.39, 0.29) is 12.4 Å². The number of hydrogen-bond donors (Lipinski definition) is 1. The van der Waals surface area contributed by atoms with Gasteiger partial charge in [0.1, 0.15) is 0 Å². The summed E-state index contributed by atoms with van der Waals surface area (Å²) in [6.45, 7) is 3.94. The number of carbonyl (C=O) groups is 1. The third kappa shape index (κ3) is 19.2. The lowest BCUT2D eigenvalue weighted by Gasteiger charge is -2.26. The zero-order valence-electron chi connectivity index (χ0n) is 19.5. The third-order valence-electron chi connectivity index (χ3n) is 5.84. The molecule has 28 heavy (non-hydrogen) atoms. The smallest absolute Gasteiger partial charge is 0.313 e. The molecule has 3 nitrogen and oxygen atoms in total. The third-order valence-corrected chi connectivity index (χ3v) is 5.84. The molecule has 1 amide bonds. The zero-order chi connectivity index (χ0) is 20.2. The van der Waals surface area contributed by atoms with Gasteiger partial charge in [0.15, 0.2) is 0 Å². The Kier molecular flexibility index (Phi) is 23.2. The van der Waals surface area contributed by atoms with Gasteiger partial charge >= 0.3 is 5.91 Å². The number of carbonyl (C=O) groups excluding carboxylic acids is 1. The molecule has 170 valence electrons. The molecule has 0 atom stereocenters. The summed E-state index contributed by atoms with van der Waals surface area (Å²) in [7, 11) is 4.09. The fourth-order valence-corrected chi connectivity index (χ4v) is 3.73. The Morgan fingerprint density at radius 3 is 1.43 bits per heavy atom. The maximum Gasteiger partial charge on any atom is 0.313 e. The number of amides is 1. The van der Waals surface area contributed by atoms with Crippen LogP contribution in [0.25, 0.3) is 0 Å². The minimum atomic E-state index is 0. The lowest BCUT2D eigenvalue weighted by Crippen LogP contribution is -3.00. The molecule has 0 aliphatic rings. The summed E-state index contributed by atoms with van der Waals surface area (Å²) in [4.78, 5) is 12.3. The Morgan fingerprint density at radius 2 is 1.04 bits per heavy atom. The van der Waals surface area contributed by atoms with Crippen molar-refractivity contribution in [3.05, 3.63) is 0 Å². The van der Waals surface area contributed by atoms with Gasteiger partial charge in [-0.1, -0.05) is 96.8 Å². The van der Waals surface area contributed by atoms with E-state index in [0.29, 0.717) is 10.4 Å². The fraction of sp³-hybridized carbons (Fsp3) is 0.958. The first-order valence-corrected chi connectivity index (χ1v) is 12.1. The van der Waals surface area contributed by atoms with Gasteiger partial charge in [-0.3, -0.25) is 4.48 Å². The van der Waals surface area contributed by atoms with Crippen LogP contribution in [0.3, 0.4) is 0 Å². The normalized spacial score (nSPS) is 11.4. The average molecular weight is 419 g/mol. The highest BCUT2D eigenvalue weighted by molar-refractivity contribution is 5.68. The summed E-state index contributed by atoms with van der Waals surface area (Å²) in [6.07, 6.45) is 23.3. The largest absolute Gasteiger partial charge is 1.00 e. The van der Waals surface area contributed by atoms with E-state index in [4.69, 9.17) is 5.73 Å². The van der Waals surface area contributed by atoms with Gasteiger partial charge in [-0.2, -0.15) is 0 Å². The Labute approximate surface area is 183 Å². The van der Waals surface area contributed by atoms with Gasteiger partial charge in [-0.25, -0.2) is 4.79 Å². The van der Waals surface area contributed by atoms with Crippen molar-refractivity contribution in [1.82, 2.24) is 0 Å². The molecule has 0 aromatic rings. The van der Waals surface area contributed by atoms with Crippen LogP contribution < -0.4 is 18.1 Å². The number of unbranched alkanes of at least 4 members (excludes halogenated alkanes) is 15. The van der Waals surface area contributed by atoms with Crippen LogP contribution in [0, 0.1) is 0 Å². The van der Waals surface area contributed by atoms with Crippen molar-refractivity contribution in [2.75, 3.05) is 27.2 Å². The van der Waals surface area contributed by atoms with Crippen molar-refractivity contribution in [2.24, 2.45) is 5.73 Å². The fourth-order valence-electron chi connectivity index (χ4n) is 3.73. The summed E-state index contributed by atoms with van der Waals surface area (Å²) >= 11 is 0. The molecule has 0 heterocycles. The van der Waals surface area contributed by atoms with Crippen LogP contribution in [-0.4, -0.2) is 37.6 Å². The lowest BCUT2D eigenvalue weighted by atomic mass is 10.0. The topological polar surface area (TPSA) is 43.1 Å². The summed E-state index contributed by atoms with van der Waals surface area (Å²) in [5.74, 6) is 0.390. The van der Waals surface area contributed by atoms with Gasteiger partial charge in [-0.05, 0) is 25.8 Å². The van der Waals surface area contributed by atoms with Gasteiger partial charge in [0.05, 0.1) is 27.1 Å². The predicted octanol–water partition coefficient (Wildman–Crippen LogP) is 3.59. The van der Waals surface area contributed by atoms with Gasteiger partial charge < -0.3 is 18.1 Å². The Balaban J connectivity index is 0. The molecule has 0 spiro atoms. The number of hydrogen-bond acceptors (Lipinski definition) is 2. The number of halogens is 1. The maximum absolute atomic E-state index is 12.3. The SMILES string of the molecule is CCCCCCCCCCCCCCCCCC(=O)[N+](C)(C)CCCCN.[Cl-]. The molecule has 0 aromatic carbocycles. The molecule has 0 aliphatic carbocycles. The Hall–Kier alpha value is -0.120. The van der Waals surface area contributed by atoms with Gasteiger partial charge in [0, 0.05) is 0 Å². The van der Waals surface area contributed by atoms with E-state index in [1.807, 2.05) is 14.1 Å². The maximum atomic E-state index is 12.3. The van der Waals surface area contributed by atoms with Crippen LogP contribution in [0.5, 0.6) is 0 Å². The Bertz CT molecular complexity index is 335. The van der Waals surface area contributed by atoms with E-state index in [1.165, 1.54) is 89.9 Å². The summed E-state index contributed by atoms with van der Waals surface area (Å²) < 4.78 is 0.526. The number of nitrogens with zero attached hydrogens (tertiary/aromatic N) is 1. The molecule has 4 heteroatoms. The number of nitrogens with two attached hydrogens (primary N) is 1. The first-order chi connectivity index (χ1) is 13.0. The van der Waals surface area contributed by atoms with E-state index in [2.05, 4.69) is 6.92 Å².